The van der Waals surface area contributed by atoms with Gasteiger partial charge in [0.05, 0.1) is 0 Å². The average Bonchev–Trinajstić information content (AvgIpc) is 2.81. The summed E-state index contributed by atoms with van der Waals surface area (Å²) in [6, 6.07) is 15.7. The Balaban J connectivity index is 0. The molecular formula is C27H38O6. The van der Waals surface area contributed by atoms with Gasteiger partial charge in [0.2, 0.25) is 0 Å². The van der Waals surface area contributed by atoms with E-state index < -0.39 is 5.97 Å². The van der Waals surface area contributed by atoms with Crippen molar-refractivity contribution in [1.82, 2.24) is 0 Å². The van der Waals surface area contributed by atoms with Crippen molar-refractivity contribution in [3.05, 3.63) is 85.5 Å². The number of hydrogen-bond donors (Lipinski definition) is 0. The van der Waals surface area contributed by atoms with E-state index >= 15 is 0 Å². The summed E-state index contributed by atoms with van der Waals surface area (Å²) < 4.78 is 20.6. The quantitative estimate of drug-likeness (QED) is 0.133. The minimum atomic E-state index is -0.462. The fraction of sp³-hybridized carbons (Fsp3) is 0.333. The van der Waals surface area contributed by atoms with E-state index in [1.165, 1.54) is 0 Å². The Bertz CT molecular complexity index is 810. The number of rotatable bonds is 12. The van der Waals surface area contributed by atoms with Crippen molar-refractivity contribution in [2.75, 3.05) is 26.4 Å². The lowest BCUT2D eigenvalue weighted by Gasteiger charge is -2.26. The van der Waals surface area contributed by atoms with Crippen LogP contribution in [-0.2, 0) is 24.5 Å². The second-order valence-electron chi connectivity index (χ2n) is 6.71. The molecule has 0 fully saturated rings. The largest absolute Gasteiger partial charge is 0.490 e. The number of carbonyl (C=O) groups is 2. The van der Waals surface area contributed by atoms with Gasteiger partial charge in [-0.25, -0.2) is 4.79 Å². The zero-order valence-corrected chi connectivity index (χ0v) is 18.2. The van der Waals surface area contributed by atoms with Crippen molar-refractivity contribution in [2.24, 2.45) is 0 Å². The van der Waals surface area contributed by atoms with E-state index in [0.29, 0.717) is 18.8 Å². The Labute approximate surface area is 198 Å². The van der Waals surface area contributed by atoms with E-state index in [0.717, 1.165) is 23.0 Å². The molecule has 33 heavy (non-hydrogen) atoms. The summed E-state index contributed by atoms with van der Waals surface area (Å²) in [6.45, 7) is 15.0. The minimum Gasteiger partial charge on any atom is -0.490 e. The molecule has 6 heteroatoms. The maximum atomic E-state index is 11.0. The molecule has 182 valence electrons. The van der Waals surface area contributed by atoms with Gasteiger partial charge in [0.1, 0.15) is 37.9 Å². The van der Waals surface area contributed by atoms with Gasteiger partial charge < -0.3 is 18.9 Å². The molecule has 0 unspecified atom stereocenters. The molecule has 2 rings (SSSR count). The number of benzene rings is 2. The minimum absolute atomic E-state index is 0. The normalized spacial score (nSPS) is 9.52. The van der Waals surface area contributed by atoms with Crippen molar-refractivity contribution < 1.29 is 28.5 Å². The van der Waals surface area contributed by atoms with Crippen LogP contribution in [-0.4, -0.2) is 38.9 Å². The first-order chi connectivity index (χ1) is 15.0. The molecule has 0 saturated carbocycles. The van der Waals surface area contributed by atoms with Crippen LogP contribution in [0.1, 0.15) is 39.8 Å². The maximum Gasteiger partial charge on any atom is 0.330 e. The lowest BCUT2D eigenvalue weighted by atomic mass is 9.78. The lowest BCUT2D eigenvalue weighted by molar-refractivity contribution is -0.138. The van der Waals surface area contributed by atoms with E-state index in [4.69, 9.17) is 14.2 Å². The van der Waals surface area contributed by atoms with Crippen molar-refractivity contribution in [1.29, 1.82) is 0 Å². The van der Waals surface area contributed by atoms with E-state index in [-0.39, 0.29) is 40.1 Å². The highest BCUT2D eigenvalue weighted by Gasteiger charge is 2.23. The first-order valence-corrected chi connectivity index (χ1v) is 9.78. The van der Waals surface area contributed by atoms with Crippen molar-refractivity contribution in [3.8, 4) is 11.5 Å². The number of esters is 1. The molecule has 2 aromatic rings. The molecule has 6 nitrogen and oxygen atoms in total. The summed E-state index contributed by atoms with van der Waals surface area (Å²) in [5, 5.41) is 0. The van der Waals surface area contributed by atoms with Crippen LogP contribution < -0.4 is 9.47 Å². The summed E-state index contributed by atoms with van der Waals surface area (Å²) in [7, 11) is 0. The molecule has 0 saturated heterocycles. The van der Waals surface area contributed by atoms with Crippen LogP contribution in [0.2, 0.25) is 0 Å². The molecule has 0 aliphatic rings. The van der Waals surface area contributed by atoms with Gasteiger partial charge >= 0.3 is 5.97 Å². The van der Waals surface area contributed by atoms with E-state index in [9.17, 15) is 9.59 Å². The Morgan fingerprint density at radius 2 is 1.24 bits per heavy atom. The van der Waals surface area contributed by atoms with Gasteiger partial charge in [-0.15, -0.1) is 13.2 Å². The van der Waals surface area contributed by atoms with Crippen LogP contribution in [0, 0.1) is 0 Å². The topological polar surface area (TPSA) is 71.1 Å². The Morgan fingerprint density at radius 1 is 0.818 bits per heavy atom. The highest BCUT2D eigenvalue weighted by molar-refractivity contribution is 5.81. The number of carbonyl (C=O) groups excluding carboxylic acids is 2. The van der Waals surface area contributed by atoms with Gasteiger partial charge in [-0.05, 0) is 35.4 Å². The fourth-order valence-electron chi connectivity index (χ4n) is 2.72. The predicted molar refractivity (Wildman–Crippen MR) is 134 cm³/mol. The highest BCUT2D eigenvalue weighted by atomic mass is 16.6. The molecule has 0 radical (unpaired) electrons. The van der Waals surface area contributed by atoms with Gasteiger partial charge in [-0.2, -0.15) is 0 Å². The third-order valence-corrected chi connectivity index (χ3v) is 4.45. The fourth-order valence-corrected chi connectivity index (χ4v) is 2.72. The molecule has 0 amide bonds. The summed E-state index contributed by atoms with van der Waals surface area (Å²) in [6.07, 6.45) is 1.12. The smallest absolute Gasteiger partial charge is 0.330 e. The molecule has 0 spiro atoms. The third kappa shape index (κ3) is 10.5. The third-order valence-electron chi connectivity index (χ3n) is 4.45. The summed E-state index contributed by atoms with van der Waals surface area (Å²) >= 11 is 0. The summed E-state index contributed by atoms with van der Waals surface area (Å²) in [4.78, 5) is 21.1. The van der Waals surface area contributed by atoms with Crippen LogP contribution in [0.4, 0.5) is 0 Å². The zero-order chi connectivity index (χ0) is 23.1. The first-order valence-electron chi connectivity index (χ1n) is 9.78. The van der Waals surface area contributed by atoms with Crippen LogP contribution in [0.15, 0.2) is 74.3 Å². The van der Waals surface area contributed by atoms with E-state index in [2.05, 4.69) is 38.3 Å². The second-order valence-corrected chi connectivity index (χ2v) is 6.71. The van der Waals surface area contributed by atoms with Gasteiger partial charge in [-0.3, -0.25) is 4.79 Å². The molecule has 0 atom stereocenters. The average molecular weight is 459 g/mol. The Kier molecular flexibility index (Phi) is 16.4. The van der Waals surface area contributed by atoms with Crippen molar-refractivity contribution in [2.45, 2.75) is 34.1 Å². The van der Waals surface area contributed by atoms with Gasteiger partial charge in [0.15, 0.2) is 0 Å². The maximum absolute atomic E-state index is 11.0. The van der Waals surface area contributed by atoms with Crippen molar-refractivity contribution >= 4 is 12.4 Å². The molecular weight excluding hydrogens is 420 g/mol. The van der Waals surface area contributed by atoms with Crippen LogP contribution in [0.25, 0.3) is 0 Å². The summed E-state index contributed by atoms with van der Waals surface area (Å²) in [5.41, 5.74) is 2.06. The number of hydrogen-bond acceptors (Lipinski definition) is 6. The van der Waals surface area contributed by atoms with Crippen LogP contribution >= 0.6 is 0 Å². The summed E-state index contributed by atoms with van der Waals surface area (Å²) in [5.74, 6) is 0.969. The molecule has 2 aromatic carbocycles. The molecule has 0 bridgehead atoms. The van der Waals surface area contributed by atoms with Crippen LogP contribution in [0.5, 0.6) is 11.5 Å². The van der Waals surface area contributed by atoms with E-state index in [1.54, 1.807) is 0 Å². The van der Waals surface area contributed by atoms with Gasteiger partial charge in [0.25, 0.3) is 6.47 Å². The molecule has 0 aliphatic heterocycles. The molecule has 0 aromatic heterocycles. The SMILES string of the molecule is C.C.C=C.C=CC(=O)OCCOc1ccc(C(C)(C)c2ccc(OCCOC=O)cc2)cc1. The Hall–Kier alpha value is -3.54. The number of ether oxygens (including phenoxy) is 4. The van der Waals surface area contributed by atoms with Crippen molar-refractivity contribution in [3.63, 3.8) is 0 Å². The monoisotopic (exact) mass is 458 g/mol. The second kappa shape index (κ2) is 17.1. The van der Waals surface area contributed by atoms with Gasteiger partial charge in [-0.1, -0.05) is 59.5 Å². The highest BCUT2D eigenvalue weighted by Crippen LogP contribution is 2.33. The predicted octanol–water partition coefficient (Wildman–Crippen LogP) is 5.75. The first kappa shape index (κ1) is 31.6. The van der Waals surface area contributed by atoms with E-state index in [1.807, 2.05) is 48.5 Å². The lowest BCUT2D eigenvalue weighted by Crippen LogP contribution is -2.18. The molecule has 0 N–H and O–H groups in total. The standard InChI is InChI=1S/C23H26O6.C2H4.2CH4/c1-4-22(25)29-16-15-28-21-11-7-19(8-12-21)23(2,3)18-5-9-20(10-6-18)27-14-13-26-17-24;1-2;;/h4-12,17H,1,13-16H2,2-3H3;1-2H2;2*1H4. The molecule has 0 heterocycles. The van der Waals surface area contributed by atoms with Gasteiger partial charge in [0, 0.05) is 11.5 Å². The zero-order valence-electron chi connectivity index (χ0n) is 18.2. The molecule has 0 aliphatic carbocycles. The Morgan fingerprint density at radius 3 is 1.64 bits per heavy atom. The van der Waals surface area contributed by atoms with Crippen LogP contribution in [0.3, 0.4) is 0 Å².